The minimum absolute atomic E-state index is 0.0362. The predicted octanol–water partition coefficient (Wildman–Crippen LogP) is 4.80. The van der Waals surface area contributed by atoms with Crippen molar-refractivity contribution < 1.29 is 13.9 Å². The van der Waals surface area contributed by atoms with Gasteiger partial charge in [-0.15, -0.1) is 0 Å². The number of hydrogen-bond donors (Lipinski definition) is 1. The summed E-state index contributed by atoms with van der Waals surface area (Å²) in [6, 6.07) is 15.9. The molecule has 0 atom stereocenters. The average Bonchev–Trinajstić information content (AvgIpc) is 3.75. The van der Waals surface area contributed by atoms with Crippen LogP contribution in [0.1, 0.15) is 42.6 Å². The number of halogens is 1. The number of fused-ring (bicyclic) bond motifs is 1. The van der Waals surface area contributed by atoms with Gasteiger partial charge < -0.3 is 19.7 Å². The van der Waals surface area contributed by atoms with Gasteiger partial charge in [-0.1, -0.05) is 30.3 Å². The SMILES string of the molecule is COc1ccc(OC2CCN(c3nc4c(nc3NC3CC3)CCN(Cc3ccccc3)C4)CC2)c(F)c1. The molecule has 0 amide bonds. The Hall–Kier alpha value is -3.39. The van der Waals surface area contributed by atoms with Gasteiger partial charge in [0.15, 0.2) is 23.2 Å². The van der Waals surface area contributed by atoms with Gasteiger partial charge in [-0.25, -0.2) is 14.4 Å². The van der Waals surface area contributed by atoms with E-state index >= 15 is 0 Å². The van der Waals surface area contributed by atoms with Crippen molar-refractivity contribution in [3.05, 3.63) is 71.3 Å². The van der Waals surface area contributed by atoms with Crippen LogP contribution in [-0.4, -0.2) is 53.8 Å². The summed E-state index contributed by atoms with van der Waals surface area (Å²) in [7, 11) is 1.53. The van der Waals surface area contributed by atoms with Gasteiger partial charge in [0.2, 0.25) is 0 Å². The van der Waals surface area contributed by atoms with Gasteiger partial charge >= 0.3 is 0 Å². The van der Waals surface area contributed by atoms with Crippen LogP contribution < -0.4 is 19.7 Å². The smallest absolute Gasteiger partial charge is 0.172 e. The second kappa shape index (κ2) is 10.5. The number of benzene rings is 2. The number of aromatic nitrogens is 2. The molecule has 1 saturated heterocycles. The molecular formula is C29H34FN5O2. The number of methoxy groups -OCH3 is 1. The van der Waals surface area contributed by atoms with E-state index in [1.807, 2.05) is 0 Å². The highest BCUT2D eigenvalue weighted by Crippen LogP contribution is 2.34. The van der Waals surface area contributed by atoms with Gasteiger partial charge in [0.05, 0.1) is 18.5 Å². The molecule has 1 saturated carbocycles. The van der Waals surface area contributed by atoms with E-state index < -0.39 is 5.82 Å². The van der Waals surface area contributed by atoms with Crippen molar-refractivity contribution in [2.24, 2.45) is 0 Å². The standard InChI is InChI=1S/C29H34FN5O2/c1-36-23-9-10-27(24(30)17-23)37-22-11-15-35(16-12-22)29-28(31-21-7-8-21)32-25-13-14-34(19-26(25)33-29)18-20-5-3-2-4-6-20/h2-6,9-10,17,21-22H,7-8,11-16,18-19H2,1H3,(H,31,32). The molecule has 0 unspecified atom stereocenters. The number of nitrogens with zero attached hydrogens (tertiary/aromatic N) is 4. The average molecular weight is 504 g/mol. The van der Waals surface area contributed by atoms with Crippen LogP contribution >= 0.6 is 0 Å². The molecule has 3 aliphatic rings. The third kappa shape index (κ3) is 5.64. The molecule has 1 aliphatic carbocycles. The Bertz CT molecular complexity index is 1230. The maximum atomic E-state index is 14.4. The lowest BCUT2D eigenvalue weighted by Gasteiger charge is -2.35. The summed E-state index contributed by atoms with van der Waals surface area (Å²) in [4.78, 5) is 15.1. The zero-order valence-corrected chi connectivity index (χ0v) is 21.3. The highest BCUT2D eigenvalue weighted by atomic mass is 19.1. The summed E-state index contributed by atoms with van der Waals surface area (Å²) in [5.41, 5.74) is 3.52. The molecular weight excluding hydrogens is 469 g/mol. The quantitative estimate of drug-likeness (QED) is 0.474. The van der Waals surface area contributed by atoms with Gasteiger partial charge in [0.25, 0.3) is 0 Å². The number of nitrogens with one attached hydrogen (secondary N) is 1. The number of anilines is 2. The van der Waals surface area contributed by atoms with E-state index in [2.05, 4.69) is 45.4 Å². The first-order chi connectivity index (χ1) is 18.1. The summed E-state index contributed by atoms with van der Waals surface area (Å²) < 4.78 is 25.5. The van der Waals surface area contributed by atoms with Crippen LogP contribution in [0.15, 0.2) is 48.5 Å². The predicted molar refractivity (Wildman–Crippen MR) is 142 cm³/mol. The summed E-state index contributed by atoms with van der Waals surface area (Å²) in [6.45, 7) is 4.31. The minimum atomic E-state index is -0.390. The van der Waals surface area contributed by atoms with E-state index in [0.29, 0.717) is 11.8 Å². The van der Waals surface area contributed by atoms with Crippen LogP contribution in [0.3, 0.4) is 0 Å². The Labute approximate surface area is 217 Å². The van der Waals surface area contributed by atoms with Crippen molar-refractivity contribution in [2.45, 2.75) is 57.3 Å². The highest BCUT2D eigenvalue weighted by molar-refractivity contribution is 5.63. The molecule has 2 fully saturated rings. The Morgan fingerprint density at radius 1 is 0.973 bits per heavy atom. The molecule has 0 spiro atoms. The highest BCUT2D eigenvalue weighted by Gasteiger charge is 2.30. The van der Waals surface area contributed by atoms with Crippen LogP contribution in [0, 0.1) is 5.82 Å². The number of hydrogen-bond acceptors (Lipinski definition) is 7. The second-order valence-corrected chi connectivity index (χ2v) is 10.3. The molecule has 6 rings (SSSR count). The lowest BCUT2D eigenvalue weighted by atomic mass is 10.1. The Morgan fingerprint density at radius 3 is 2.51 bits per heavy atom. The van der Waals surface area contributed by atoms with E-state index in [1.54, 1.807) is 12.1 Å². The molecule has 0 radical (unpaired) electrons. The topological polar surface area (TPSA) is 62.8 Å². The first-order valence-corrected chi connectivity index (χ1v) is 13.3. The molecule has 3 heterocycles. The van der Waals surface area contributed by atoms with E-state index in [1.165, 1.54) is 31.6 Å². The fourth-order valence-electron chi connectivity index (χ4n) is 5.16. The van der Waals surface area contributed by atoms with E-state index in [0.717, 1.165) is 75.0 Å². The molecule has 2 aliphatic heterocycles. The van der Waals surface area contributed by atoms with Crippen LogP contribution in [0.25, 0.3) is 0 Å². The van der Waals surface area contributed by atoms with Crippen molar-refractivity contribution in [3.8, 4) is 11.5 Å². The number of ether oxygens (including phenoxy) is 2. The van der Waals surface area contributed by atoms with Crippen LogP contribution in [0.2, 0.25) is 0 Å². The number of rotatable bonds is 8. The number of piperidine rings is 1. The van der Waals surface area contributed by atoms with Gasteiger partial charge in [0.1, 0.15) is 11.9 Å². The zero-order valence-electron chi connectivity index (χ0n) is 21.3. The van der Waals surface area contributed by atoms with Crippen molar-refractivity contribution in [3.63, 3.8) is 0 Å². The molecule has 1 N–H and O–H groups in total. The first-order valence-electron chi connectivity index (χ1n) is 13.3. The third-order valence-corrected chi connectivity index (χ3v) is 7.41. The van der Waals surface area contributed by atoms with Gasteiger partial charge in [-0.05, 0) is 30.5 Å². The monoisotopic (exact) mass is 503 g/mol. The summed E-state index contributed by atoms with van der Waals surface area (Å²) in [5, 5.41) is 3.63. The summed E-state index contributed by atoms with van der Waals surface area (Å²) >= 11 is 0. The molecule has 8 heteroatoms. The summed E-state index contributed by atoms with van der Waals surface area (Å²) in [6.07, 6.45) is 4.85. The third-order valence-electron chi connectivity index (χ3n) is 7.41. The lowest BCUT2D eigenvalue weighted by Crippen LogP contribution is -2.40. The molecule has 37 heavy (non-hydrogen) atoms. The lowest BCUT2D eigenvalue weighted by molar-refractivity contribution is 0.163. The maximum absolute atomic E-state index is 14.4. The molecule has 1 aromatic heterocycles. The van der Waals surface area contributed by atoms with Crippen LogP contribution in [-0.2, 0) is 19.5 Å². The van der Waals surface area contributed by atoms with Crippen LogP contribution in [0.5, 0.6) is 11.5 Å². The molecule has 3 aromatic rings. The maximum Gasteiger partial charge on any atom is 0.172 e. The minimum Gasteiger partial charge on any atom is -0.497 e. The van der Waals surface area contributed by atoms with Crippen molar-refractivity contribution in [1.82, 2.24) is 14.9 Å². The van der Waals surface area contributed by atoms with Gasteiger partial charge in [-0.3, -0.25) is 4.90 Å². The van der Waals surface area contributed by atoms with Gasteiger partial charge in [-0.2, -0.15) is 0 Å². The Kier molecular flexibility index (Phi) is 6.83. The van der Waals surface area contributed by atoms with E-state index in [-0.39, 0.29) is 11.9 Å². The van der Waals surface area contributed by atoms with E-state index in [9.17, 15) is 4.39 Å². The molecule has 7 nitrogen and oxygen atoms in total. The van der Waals surface area contributed by atoms with Crippen molar-refractivity contribution >= 4 is 11.6 Å². The van der Waals surface area contributed by atoms with Crippen molar-refractivity contribution in [1.29, 1.82) is 0 Å². The summed E-state index contributed by atoms with van der Waals surface area (Å²) in [5.74, 6) is 2.24. The van der Waals surface area contributed by atoms with Gasteiger partial charge in [0, 0.05) is 64.1 Å². The van der Waals surface area contributed by atoms with E-state index in [4.69, 9.17) is 19.4 Å². The Balaban J connectivity index is 1.15. The zero-order chi connectivity index (χ0) is 25.2. The largest absolute Gasteiger partial charge is 0.497 e. The van der Waals surface area contributed by atoms with Crippen molar-refractivity contribution in [2.75, 3.05) is 37.0 Å². The second-order valence-electron chi connectivity index (χ2n) is 10.3. The first kappa shape index (κ1) is 24.0. The normalized spacial score (nSPS) is 18.4. The fraction of sp³-hybridized carbons (Fsp3) is 0.448. The molecule has 194 valence electrons. The molecule has 0 bridgehead atoms. The Morgan fingerprint density at radius 2 is 1.78 bits per heavy atom. The van der Waals surface area contributed by atoms with Crippen LogP contribution in [0.4, 0.5) is 16.0 Å². The fourth-order valence-corrected chi connectivity index (χ4v) is 5.16. The molecule has 2 aromatic carbocycles.